The maximum Gasteiger partial charge on any atom is 0.245 e. The molecule has 3 heterocycles. The molecule has 188 valence electrons. The molecule has 2 aromatic rings. The van der Waals surface area contributed by atoms with Crippen molar-refractivity contribution < 1.29 is 24.0 Å². The van der Waals surface area contributed by atoms with E-state index in [2.05, 4.69) is 10.5 Å². The number of amides is 3. The van der Waals surface area contributed by atoms with Crippen molar-refractivity contribution >= 4 is 17.7 Å². The highest BCUT2D eigenvalue weighted by Gasteiger charge is 2.40. The Kier molecular flexibility index (Phi) is 7.85. The van der Waals surface area contributed by atoms with E-state index in [9.17, 15) is 19.5 Å². The van der Waals surface area contributed by atoms with Crippen LogP contribution < -0.4 is 5.32 Å². The highest BCUT2D eigenvalue weighted by atomic mass is 16.5. The Hall–Kier alpha value is -3.20. The van der Waals surface area contributed by atoms with Crippen molar-refractivity contribution in [3.63, 3.8) is 0 Å². The first-order chi connectivity index (χ1) is 16.8. The second-order valence-corrected chi connectivity index (χ2v) is 9.70. The first-order valence-corrected chi connectivity index (χ1v) is 12.3. The summed E-state index contributed by atoms with van der Waals surface area (Å²) >= 11 is 0. The number of hydrogen-bond donors (Lipinski definition) is 2. The Morgan fingerprint density at radius 3 is 2.51 bits per heavy atom. The van der Waals surface area contributed by atoms with Gasteiger partial charge in [0.15, 0.2) is 0 Å². The lowest BCUT2D eigenvalue weighted by molar-refractivity contribution is -0.141. The zero-order valence-corrected chi connectivity index (χ0v) is 20.4. The predicted octanol–water partition coefficient (Wildman–Crippen LogP) is 1.54. The van der Waals surface area contributed by atoms with E-state index in [1.165, 1.54) is 4.90 Å². The Bertz CT molecular complexity index is 1040. The summed E-state index contributed by atoms with van der Waals surface area (Å²) in [4.78, 5) is 42.9. The number of rotatable bonds is 7. The fraction of sp³-hybridized carbons (Fsp3) is 0.538. The Morgan fingerprint density at radius 1 is 1.14 bits per heavy atom. The average molecular weight is 483 g/mol. The summed E-state index contributed by atoms with van der Waals surface area (Å²) in [5.74, 6) is -0.445. The van der Waals surface area contributed by atoms with Crippen molar-refractivity contribution in [2.45, 2.75) is 70.6 Å². The van der Waals surface area contributed by atoms with Crippen molar-refractivity contribution in [2.24, 2.45) is 0 Å². The molecule has 1 aromatic carbocycles. The maximum atomic E-state index is 13.4. The summed E-state index contributed by atoms with van der Waals surface area (Å²) in [6.45, 7) is 5.19. The molecule has 2 N–H and O–H groups in total. The van der Waals surface area contributed by atoms with Gasteiger partial charge in [-0.1, -0.05) is 35.0 Å². The standard InChI is InChI=1S/C26H34N4O5/c1-17-6-8-19(9-7-17)13-22(26(34)29-10-4-3-5-11-29)27-25(33)23-14-20(31)16-30(23)24(32)15-21-12-18(2)28-35-21/h6-9,12,20,22-23,31H,3-5,10-11,13-16H2,1-2H3,(H,27,33)/t20-,22-,23+/m1/s1. The summed E-state index contributed by atoms with van der Waals surface area (Å²) in [6, 6.07) is 7.98. The first-order valence-electron chi connectivity index (χ1n) is 12.3. The molecule has 3 atom stereocenters. The SMILES string of the molecule is Cc1ccc(C[C@@H](NC(=O)[C@@H]2C[C@@H](O)CN2C(=O)Cc2cc(C)no2)C(=O)N2CCCCC2)cc1. The molecule has 0 saturated carbocycles. The molecule has 35 heavy (non-hydrogen) atoms. The molecule has 0 bridgehead atoms. The lowest BCUT2D eigenvalue weighted by atomic mass is 10.0. The lowest BCUT2D eigenvalue weighted by Gasteiger charge is -2.32. The second-order valence-electron chi connectivity index (χ2n) is 9.70. The van der Waals surface area contributed by atoms with Crippen molar-refractivity contribution in [3.8, 4) is 0 Å². The minimum absolute atomic E-state index is 0.0448. The van der Waals surface area contributed by atoms with Crippen molar-refractivity contribution in [3.05, 3.63) is 52.9 Å². The molecule has 2 fully saturated rings. The topological polar surface area (TPSA) is 116 Å². The van der Waals surface area contributed by atoms with Gasteiger partial charge in [-0.25, -0.2) is 0 Å². The van der Waals surface area contributed by atoms with Crippen LogP contribution >= 0.6 is 0 Å². The number of carbonyl (C=O) groups excluding carboxylic acids is 3. The number of aromatic nitrogens is 1. The molecule has 3 amide bonds. The van der Waals surface area contributed by atoms with Gasteiger partial charge in [-0.3, -0.25) is 14.4 Å². The smallest absolute Gasteiger partial charge is 0.245 e. The number of nitrogens with zero attached hydrogens (tertiary/aromatic N) is 3. The van der Waals surface area contributed by atoms with Crippen LogP contribution in [0.3, 0.4) is 0 Å². The Balaban J connectivity index is 1.48. The third-order valence-electron chi connectivity index (χ3n) is 6.75. The van der Waals surface area contributed by atoms with Crippen LogP contribution in [0.4, 0.5) is 0 Å². The number of hydrogen-bond acceptors (Lipinski definition) is 6. The molecule has 4 rings (SSSR count). The Labute approximate surface area is 205 Å². The quantitative estimate of drug-likeness (QED) is 0.619. The molecule has 0 radical (unpaired) electrons. The molecule has 2 saturated heterocycles. The number of β-amino-alcohol motifs (C(OH)–C–C–N with tert-alkyl or cyclic N) is 1. The number of carbonyl (C=O) groups is 3. The van der Waals surface area contributed by atoms with Crippen LogP contribution in [0.2, 0.25) is 0 Å². The van der Waals surface area contributed by atoms with Gasteiger partial charge in [0.25, 0.3) is 0 Å². The number of aliphatic hydroxyl groups excluding tert-OH is 1. The average Bonchev–Trinajstić information content (AvgIpc) is 3.45. The number of aryl methyl sites for hydroxylation is 2. The summed E-state index contributed by atoms with van der Waals surface area (Å²) in [7, 11) is 0. The molecule has 0 unspecified atom stereocenters. The zero-order chi connectivity index (χ0) is 24.9. The number of likely N-dealkylation sites (tertiary alicyclic amines) is 2. The highest BCUT2D eigenvalue weighted by molar-refractivity contribution is 5.93. The summed E-state index contributed by atoms with van der Waals surface area (Å²) in [5.41, 5.74) is 2.73. The fourth-order valence-corrected chi connectivity index (χ4v) is 4.85. The van der Waals surface area contributed by atoms with Gasteiger partial charge >= 0.3 is 0 Å². The largest absolute Gasteiger partial charge is 0.391 e. The molecule has 2 aliphatic heterocycles. The third-order valence-corrected chi connectivity index (χ3v) is 6.75. The van der Waals surface area contributed by atoms with Crippen molar-refractivity contribution in [1.29, 1.82) is 0 Å². The van der Waals surface area contributed by atoms with E-state index in [0.717, 1.165) is 30.4 Å². The van der Waals surface area contributed by atoms with Gasteiger partial charge < -0.3 is 24.7 Å². The number of benzene rings is 1. The molecule has 2 aliphatic rings. The number of aliphatic hydroxyl groups is 1. The van der Waals surface area contributed by atoms with Gasteiger partial charge in [-0.15, -0.1) is 0 Å². The van der Waals surface area contributed by atoms with Crippen LogP contribution in [-0.4, -0.2) is 75.6 Å². The van der Waals surface area contributed by atoms with E-state index < -0.39 is 24.1 Å². The van der Waals surface area contributed by atoms with Gasteiger partial charge in [0.2, 0.25) is 17.7 Å². The van der Waals surface area contributed by atoms with Crippen molar-refractivity contribution in [1.82, 2.24) is 20.3 Å². The van der Waals surface area contributed by atoms with Crippen LogP contribution in [0.1, 0.15) is 48.3 Å². The molecule has 1 aromatic heterocycles. The molecule has 9 heteroatoms. The van der Waals surface area contributed by atoms with E-state index in [1.54, 1.807) is 13.0 Å². The predicted molar refractivity (Wildman–Crippen MR) is 128 cm³/mol. The molecule has 0 aliphatic carbocycles. The summed E-state index contributed by atoms with van der Waals surface area (Å²) in [5, 5.41) is 17.0. The number of piperidine rings is 1. The minimum Gasteiger partial charge on any atom is -0.391 e. The first kappa shape index (κ1) is 24.9. The zero-order valence-electron chi connectivity index (χ0n) is 20.4. The lowest BCUT2D eigenvalue weighted by Crippen LogP contribution is -2.55. The van der Waals surface area contributed by atoms with E-state index >= 15 is 0 Å². The van der Waals surface area contributed by atoms with Crippen LogP contribution in [-0.2, 0) is 27.2 Å². The highest BCUT2D eigenvalue weighted by Crippen LogP contribution is 2.21. The monoisotopic (exact) mass is 482 g/mol. The second kappa shape index (κ2) is 11.0. The fourth-order valence-electron chi connectivity index (χ4n) is 4.85. The van der Waals surface area contributed by atoms with Gasteiger partial charge in [0, 0.05) is 38.5 Å². The van der Waals surface area contributed by atoms with Gasteiger partial charge in [0.05, 0.1) is 18.2 Å². The summed E-state index contributed by atoms with van der Waals surface area (Å²) < 4.78 is 5.14. The Morgan fingerprint density at radius 2 is 1.86 bits per heavy atom. The van der Waals surface area contributed by atoms with Crippen LogP contribution in [0, 0.1) is 13.8 Å². The van der Waals surface area contributed by atoms with E-state index in [0.29, 0.717) is 31.0 Å². The minimum atomic E-state index is -0.851. The molecular formula is C26H34N4O5. The number of nitrogens with one attached hydrogen (secondary N) is 1. The molecule has 9 nitrogen and oxygen atoms in total. The van der Waals surface area contributed by atoms with Gasteiger partial charge in [-0.2, -0.15) is 0 Å². The van der Waals surface area contributed by atoms with Gasteiger partial charge in [0.1, 0.15) is 17.8 Å². The third kappa shape index (κ3) is 6.28. The normalized spacial score (nSPS) is 21.1. The van der Waals surface area contributed by atoms with E-state index in [-0.39, 0.29) is 31.2 Å². The van der Waals surface area contributed by atoms with Crippen molar-refractivity contribution in [2.75, 3.05) is 19.6 Å². The summed E-state index contributed by atoms with van der Waals surface area (Å²) in [6.07, 6.45) is 2.64. The van der Waals surface area contributed by atoms with E-state index in [1.807, 2.05) is 36.1 Å². The maximum absolute atomic E-state index is 13.4. The van der Waals surface area contributed by atoms with Crippen LogP contribution in [0.25, 0.3) is 0 Å². The molecular weight excluding hydrogens is 448 g/mol. The molecule has 0 spiro atoms. The van der Waals surface area contributed by atoms with Crippen LogP contribution in [0.5, 0.6) is 0 Å². The van der Waals surface area contributed by atoms with Crippen LogP contribution in [0.15, 0.2) is 34.9 Å². The van der Waals surface area contributed by atoms with Gasteiger partial charge in [-0.05, 0) is 38.7 Å². The van der Waals surface area contributed by atoms with E-state index in [4.69, 9.17) is 4.52 Å².